The van der Waals surface area contributed by atoms with Gasteiger partial charge in [-0.05, 0) is 18.6 Å². The Labute approximate surface area is 128 Å². The van der Waals surface area contributed by atoms with Crippen LogP contribution in [0.4, 0.5) is 11.4 Å². The molecule has 0 aliphatic carbocycles. The standard InChI is InChI=1S/C15H14N2O4S/c1-2-16-14-6-4-3-5-13(14)15(22(16,20)21)11-7-9-12(10-8-11)17(18)19/h3-10,15H,2H2,1H3. The Kier molecular flexibility index (Phi) is 3.37. The van der Waals surface area contributed by atoms with E-state index in [1.165, 1.54) is 28.6 Å². The van der Waals surface area contributed by atoms with Crippen molar-refractivity contribution in [2.75, 3.05) is 10.8 Å². The van der Waals surface area contributed by atoms with Crippen LogP contribution in [0.1, 0.15) is 23.3 Å². The highest BCUT2D eigenvalue weighted by atomic mass is 32.2. The summed E-state index contributed by atoms with van der Waals surface area (Å²) in [5.74, 6) is 0. The van der Waals surface area contributed by atoms with E-state index in [4.69, 9.17) is 0 Å². The average Bonchev–Trinajstić information content (AvgIpc) is 2.73. The first-order valence-corrected chi connectivity index (χ1v) is 8.32. The molecular weight excluding hydrogens is 304 g/mol. The van der Waals surface area contributed by atoms with Crippen LogP contribution in [0, 0.1) is 10.1 Å². The fourth-order valence-electron chi connectivity index (χ4n) is 2.83. The highest BCUT2D eigenvalue weighted by Gasteiger charge is 2.42. The summed E-state index contributed by atoms with van der Waals surface area (Å²) >= 11 is 0. The lowest BCUT2D eigenvalue weighted by Crippen LogP contribution is -2.28. The molecule has 0 N–H and O–H groups in total. The molecule has 2 aromatic rings. The van der Waals surface area contributed by atoms with Crippen LogP contribution < -0.4 is 4.31 Å². The van der Waals surface area contributed by atoms with Crippen LogP contribution in [0.2, 0.25) is 0 Å². The summed E-state index contributed by atoms with van der Waals surface area (Å²) in [7, 11) is -3.56. The number of nitro benzene ring substituents is 1. The average molecular weight is 318 g/mol. The fraction of sp³-hybridized carbons (Fsp3) is 0.200. The number of anilines is 1. The first-order chi connectivity index (χ1) is 10.5. The second kappa shape index (κ2) is 5.10. The predicted octanol–water partition coefficient (Wildman–Crippen LogP) is 2.85. The Morgan fingerprint density at radius 2 is 1.77 bits per heavy atom. The van der Waals surface area contributed by atoms with E-state index in [0.717, 1.165) is 0 Å². The SMILES string of the molecule is CCN1c2ccccc2C(c2ccc([N+](=O)[O-])cc2)S1(=O)=O. The quantitative estimate of drug-likeness (QED) is 0.644. The van der Waals surface area contributed by atoms with E-state index in [9.17, 15) is 18.5 Å². The summed E-state index contributed by atoms with van der Waals surface area (Å²) in [5, 5.41) is 9.92. The maximum absolute atomic E-state index is 12.8. The number of hydrogen-bond acceptors (Lipinski definition) is 4. The molecule has 22 heavy (non-hydrogen) atoms. The van der Waals surface area contributed by atoms with E-state index in [2.05, 4.69) is 0 Å². The third kappa shape index (κ3) is 2.05. The van der Waals surface area contributed by atoms with Crippen LogP contribution in [0.15, 0.2) is 48.5 Å². The van der Waals surface area contributed by atoms with Crippen molar-refractivity contribution < 1.29 is 13.3 Å². The number of sulfonamides is 1. The van der Waals surface area contributed by atoms with Crippen molar-refractivity contribution in [3.05, 3.63) is 69.8 Å². The molecule has 0 saturated carbocycles. The van der Waals surface area contributed by atoms with E-state index in [0.29, 0.717) is 23.4 Å². The van der Waals surface area contributed by atoms with Gasteiger partial charge in [-0.2, -0.15) is 0 Å². The molecule has 0 amide bonds. The highest BCUT2D eigenvalue weighted by molar-refractivity contribution is 7.93. The zero-order valence-corrected chi connectivity index (χ0v) is 12.7. The van der Waals surface area contributed by atoms with E-state index < -0.39 is 20.2 Å². The van der Waals surface area contributed by atoms with Crippen LogP contribution in [0.25, 0.3) is 0 Å². The molecular formula is C15H14N2O4S. The van der Waals surface area contributed by atoms with Crippen LogP contribution in [0.3, 0.4) is 0 Å². The molecule has 2 aromatic carbocycles. The van der Waals surface area contributed by atoms with Gasteiger partial charge in [0.05, 0.1) is 10.6 Å². The number of nitro groups is 1. The second-order valence-corrected chi connectivity index (χ2v) is 6.94. The van der Waals surface area contributed by atoms with Crippen molar-refractivity contribution >= 4 is 21.4 Å². The van der Waals surface area contributed by atoms with E-state index in [1.54, 1.807) is 31.2 Å². The van der Waals surface area contributed by atoms with E-state index in [1.807, 2.05) is 0 Å². The van der Waals surface area contributed by atoms with Gasteiger partial charge in [0, 0.05) is 24.2 Å². The molecule has 1 atom stereocenters. The van der Waals surface area contributed by atoms with Gasteiger partial charge in [0.25, 0.3) is 5.69 Å². The zero-order valence-electron chi connectivity index (χ0n) is 11.8. The highest BCUT2D eigenvalue weighted by Crippen LogP contribution is 2.45. The van der Waals surface area contributed by atoms with E-state index >= 15 is 0 Å². The minimum absolute atomic E-state index is 0.0558. The van der Waals surface area contributed by atoms with Crippen molar-refractivity contribution in [3.8, 4) is 0 Å². The van der Waals surface area contributed by atoms with Gasteiger partial charge in [-0.3, -0.25) is 14.4 Å². The molecule has 0 radical (unpaired) electrons. The van der Waals surface area contributed by atoms with Gasteiger partial charge in [0.15, 0.2) is 0 Å². The van der Waals surface area contributed by atoms with Crippen molar-refractivity contribution in [2.24, 2.45) is 0 Å². The number of hydrogen-bond donors (Lipinski definition) is 0. The number of nitrogens with zero attached hydrogens (tertiary/aromatic N) is 2. The molecule has 0 fully saturated rings. The second-order valence-electron chi connectivity index (χ2n) is 5.00. The third-order valence-electron chi connectivity index (χ3n) is 3.79. The Morgan fingerprint density at radius 1 is 1.14 bits per heavy atom. The molecule has 114 valence electrons. The first-order valence-electron chi connectivity index (χ1n) is 6.81. The van der Waals surface area contributed by atoms with E-state index in [-0.39, 0.29) is 5.69 Å². The summed E-state index contributed by atoms with van der Waals surface area (Å²) < 4.78 is 27.0. The van der Waals surface area contributed by atoms with Gasteiger partial charge in [-0.1, -0.05) is 30.3 Å². The van der Waals surface area contributed by atoms with Crippen LogP contribution >= 0.6 is 0 Å². The number of benzene rings is 2. The maximum atomic E-state index is 12.8. The van der Waals surface area contributed by atoms with Gasteiger partial charge < -0.3 is 0 Å². The van der Waals surface area contributed by atoms with Gasteiger partial charge in [-0.15, -0.1) is 0 Å². The molecule has 6 nitrogen and oxygen atoms in total. The number of fused-ring (bicyclic) bond motifs is 1. The summed E-state index contributed by atoms with van der Waals surface area (Å²) in [5.41, 5.74) is 1.86. The first kappa shape index (κ1) is 14.5. The van der Waals surface area contributed by atoms with Crippen molar-refractivity contribution in [3.63, 3.8) is 0 Å². The topological polar surface area (TPSA) is 80.5 Å². The Hall–Kier alpha value is -2.41. The maximum Gasteiger partial charge on any atom is 0.269 e. The molecule has 1 aliphatic heterocycles. The molecule has 1 unspecified atom stereocenters. The third-order valence-corrected chi connectivity index (χ3v) is 5.98. The lowest BCUT2D eigenvalue weighted by molar-refractivity contribution is -0.384. The smallest absolute Gasteiger partial charge is 0.269 e. The summed E-state index contributed by atoms with van der Waals surface area (Å²) in [6.45, 7) is 2.13. The van der Waals surface area contributed by atoms with Crippen LogP contribution in [-0.4, -0.2) is 19.9 Å². The minimum atomic E-state index is -3.56. The Bertz CT molecular complexity index is 831. The largest absolute Gasteiger partial charge is 0.269 e. The molecule has 0 bridgehead atoms. The number of non-ortho nitro benzene ring substituents is 1. The van der Waals surface area contributed by atoms with Gasteiger partial charge >= 0.3 is 0 Å². The molecule has 0 spiro atoms. The van der Waals surface area contributed by atoms with Gasteiger partial charge in [-0.25, -0.2) is 8.42 Å². The summed E-state index contributed by atoms with van der Waals surface area (Å²) in [6.07, 6.45) is 0. The van der Waals surface area contributed by atoms with Crippen molar-refractivity contribution in [1.82, 2.24) is 0 Å². The summed E-state index contributed by atoms with van der Waals surface area (Å²) in [6, 6.07) is 12.9. The van der Waals surface area contributed by atoms with Gasteiger partial charge in [0.2, 0.25) is 10.0 Å². The number of rotatable bonds is 3. The van der Waals surface area contributed by atoms with Crippen molar-refractivity contribution in [1.29, 1.82) is 0 Å². The molecule has 1 heterocycles. The molecule has 0 aromatic heterocycles. The molecule has 1 aliphatic rings. The minimum Gasteiger partial charge on any atom is -0.269 e. The molecule has 3 rings (SSSR count). The van der Waals surface area contributed by atoms with Crippen molar-refractivity contribution in [2.45, 2.75) is 12.2 Å². The predicted molar refractivity (Wildman–Crippen MR) is 83.3 cm³/mol. The lowest BCUT2D eigenvalue weighted by atomic mass is 10.0. The Morgan fingerprint density at radius 3 is 2.36 bits per heavy atom. The lowest BCUT2D eigenvalue weighted by Gasteiger charge is -2.17. The normalized spacial score (nSPS) is 19.0. The zero-order chi connectivity index (χ0) is 15.9. The molecule has 7 heteroatoms. The monoisotopic (exact) mass is 318 g/mol. The molecule has 0 saturated heterocycles. The number of para-hydroxylation sites is 1. The summed E-state index contributed by atoms with van der Waals surface area (Å²) in [4.78, 5) is 10.2. The Balaban J connectivity index is 2.15. The fourth-order valence-corrected chi connectivity index (χ4v) is 4.91. The van der Waals surface area contributed by atoms with Crippen LogP contribution in [0.5, 0.6) is 0 Å². The van der Waals surface area contributed by atoms with Gasteiger partial charge in [0.1, 0.15) is 5.25 Å². The van der Waals surface area contributed by atoms with Crippen LogP contribution in [-0.2, 0) is 10.0 Å².